The quantitative estimate of drug-likeness (QED) is 0.128. The zero-order valence-electron chi connectivity index (χ0n) is 24.6. The van der Waals surface area contributed by atoms with Crippen LogP contribution in [0.5, 0.6) is 0 Å². The number of primary amides is 1. The molecule has 0 bridgehead atoms. The number of benzene rings is 1. The van der Waals surface area contributed by atoms with Crippen LogP contribution in [0.2, 0.25) is 0 Å². The smallest absolute Gasteiger partial charge is 0.244 e. The van der Waals surface area contributed by atoms with E-state index < -0.39 is 5.91 Å². The van der Waals surface area contributed by atoms with E-state index in [4.69, 9.17) is 17.0 Å². The maximum Gasteiger partial charge on any atom is 0.244 e. The molecular formula is C35H51N3O2. The maximum atomic E-state index is 11.7. The Hall–Kier alpha value is -2.79. The van der Waals surface area contributed by atoms with Crippen molar-refractivity contribution in [2.75, 3.05) is 13.2 Å². The van der Waals surface area contributed by atoms with E-state index in [0.717, 1.165) is 44.3 Å². The molecule has 3 aliphatic rings. The summed E-state index contributed by atoms with van der Waals surface area (Å²) in [5.41, 5.74) is 10.2. The molecule has 4 unspecified atom stereocenters. The SMILES string of the molecule is C=C(NC1CCCCC1)NC(C(=C)C1CC=CC1COCCC(CCC)C(=C)C(N)=O)C1Cc2ccccc2C1. The number of nitrogens with two attached hydrogens (primary N) is 1. The third-order valence-corrected chi connectivity index (χ3v) is 9.40. The second kappa shape index (κ2) is 14.7. The van der Waals surface area contributed by atoms with Gasteiger partial charge in [0.25, 0.3) is 0 Å². The molecule has 1 amide bonds. The molecule has 4 rings (SSSR count). The molecule has 0 radical (unpaired) electrons. The van der Waals surface area contributed by atoms with Gasteiger partial charge < -0.3 is 21.1 Å². The molecule has 1 aromatic rings. The highest BCUT2D eigenvalue weighted by Gasteiger charge is 2.36. The van der Waals surface area contributed by atoms with Gasteiger partial charge in [0.15, 0.2) is 0 Å². The van der Waals surface area contributed by atoms with Crippen LogP contribution >= 0.6 is 0 Å². The molecular weight excluding hydrogens is 494 g/mol. The largest absolute Gasteiger partial charge is 0.381 e. The topological polar surface area (TPSA) is 76.4 Å². The van der Waals surface area contributed by atoms with Crippen molar-refractivity contribution >= 4 is 5.91 Å². The van der Waals surface area contributed by atoms with Gasteiger partial charge in [-0.05, 0) is 73.8 Å². The van der Waals surface area contributed by atoms with Gasteiger partial charge in [-0.3, -0.25) is 4.79 Å². The Morgan fingerprint density at radius 3 is 2.42 bits per heavy atom. The first-order valence-electron chi connectivity index (χ1n) is 15.6. The summed E-state index contributed by atoms with van der Waals surface area (Å²) in [7, 11) is 0. The minimum Gasteiger partial charge on any atom is -0.381 e. The summed E-state index contributed by atoms with van der Waals surface area (Å²) >= 11 is 0. The molecule has 1 aromatic carbocycles. The number of fused-ring (bicyclic) bond motifs is 1. The molecule has 5 nitrogen and oxygen atoms in total. The van der Waals surface area contributed by atoms with E-state index in [2.05, 4.69) is 67.1 Å². The van der Waals surface area contributed by atoms with Gasteiger partial charge in [0.2, 0.25) is 5.91 Å². The van der Waals surface area contributed by atoms with Crippen LogP contribution in [0.1, 0.15) is 75.8 Å². The van der Waals surface area contributed by atoms with E-state index in [1.165, 1.54) is 48.8 Å². The first-order chi connectivity index (χ1) is 19.4. The third-order valence-electron chi connectivity index (χ3n) is 9.40. The second-order valence-corrected chi connectivity index (χ2v) is 12.3. The number of amides is 1. The molecule has 5 heteroatoms. The molecule has 4 atom stereocenters. The van der Waals surface area contributed by atoms with E-state index in [1.807, 2.05) is 0 Å². The minimum absolute atomic E-state index is 0.0904. The van der Waals surface area contributed by atoms with Crippen molar-refractivity contribution < 1.29 is 9.53 Å². The first-order valence-corrected chi connectivity index (χ1v) is 15.6. The Bertz CT molecular complexity index is 1050. The van der Waals surface area contributed by atoms with Gasteiger partial charge in [0.05, 0.1) is 18.5 Å². The normalized spacial score (nSPS) is 22.4. The number of rotatable bonds is 16. The molecule has 0 saturated heterocycles. The number of carbonyl (C=O) groups excluding carboxylic acids is 1. The Morgan fingerprint density at radius 1 is 1.07 bits per heavy atom. The van der Waals surface area contributed by atoms with Gasteiger partial charge >= 0.3 is 0 Å². The van der Waals surface area contributed by atoms with Gasteiger partial charge in [0.1, 0.15) is 0 Å². The highest BCUT2D eigenvalue weighted by molar-refractivity contribution is 5.91. The summed E-state index contributed by atoms with van der Waals surface area (Å²) in [6.07, 6.45) is 16.8. The van der Waals surface area contributed by atoms with Crippen LogP contribution in [0, 0.1) is 23.7 Å². The van der Waals surface area contributed by atoms with Crippen molar-refractivity contribution in [2.45, 2.75) is 89.6 Å². The lowest BCUT2D eigenvalue weighted by Gasteiger charge is -2.35. The highest BCUT2D eigenvalue weighted by atomic mass is 16.5. The number of allylic oxidation sites excluding steroid dienone is 1. The van der Waals surface area contributed by atoms with Gasteiger partial charge in [-0.1, -0.05) is 94.3 Å². The van der Waals surface area contributed by atoms with Gasteiger partial charge in [0, 0.05) is 24.1 Å². The molecule has 0 aromatic heterocycles. The lowest BCUT2D eigenvalue weighted by atomic mass is 9.79. The van der Waals surface area contributed by atoms with Crippen LogP contribution in [0.15, 0.2) is 73.1 Å². The zero-order valence-corrected chi connectivity index (χ0v) is 24.6. The third kappa shape index (κ3) is 7.90. The van der Waals surface area contributed by atoms with Crippen molar-refractivity contribution in [3.8, 4) is 0 Å². The standard InChI is InChI=1S/C35H51N3O2/c1-5-12-27(24(2)35(36)39)19-20-40-23-30-15-11-18-33(30)25(3)34(31-21-28-13-9-10-14-29(28)22-31)38-26(4)37-32-16-7-6-8-17-32/h9-11,13-15,27,30-34,37-38H,2-8,12,16-23H2,1H3,(H2,36,39). The van der Waals surface area contributed by atoms with Crippen molar-refractivity contribution in [3.05, 3.63) is 84.2 Å². The van der Waals surface area contributed by atoms with Crippen LogP contribution in [-0.4, -0.2) is 31.2 Å². The van der Waals surface area contributed by atoms with Gasteiger partial charge in [-0.25, -0.2) is 0 Å². The van der Waals surface area contributed by atoms with Crippen molar-refractivity contribution in [1.82, 2.24) is 10.6 Å². The summed E-state index contributed by atoms with van der Waals surface area (Å²) < 4.78 is 6.21. The lowest BCUT2D eigenvalue weighted by molar-refractivity contribution is -0.115. The first kappa shape index (κ1) is 30.2. The molecule has 40 heavy (non-hydrogen) atoms. The van der Waals surface area contributed by atoms with Gasteiger partial charge in [-0.2, -0.15) is 0 Å². The lowest BCUT2D eigenvalue weighted by Crippen LogP contribution is -2.45. The van der Waals surface area contributed by atoms with E-state index in [-0.39, 0.29) is 12.0 Å². The fraction of sp³-hybridized carbons (Fsp3) is 0.571. The maximum absolute atomic E-state index is 11.7. The number of hydrogen-bond acceptors (Lipinski definition) is 4. The van der Waals surface area contributed by atoms with Gasteiger partial charge in [-0.15, -0.1) is 0 Å². The molecule has 1 saturated carbocycles. The fourth-order valence-corrected chi connectivity index (χ4v) is 7.09. The monoisotopic (exact) mass is 545 g/mol. The van der Waals surface area contributed by atoms with Crippen LogP contribution in [-0.2, 0) is 22.4 Å². The summed E-state index contributed by atoms with van der Waals surface area (Å²) in [4.78, 5) is 11.7. The van der Waals surface area contributed by atoms with Crippen LogP contribution < -0.4 is 16.4 Å². The minimum atomic E-state index is -0.402. The Morgan fingerprint density at radius 2 is 1.77 bits per heavy atom. The average Bonchev–Trinajstić information content (AvgIpc) is 3.60. The molecule has 0 spiro atoms. The van der Waals surface area contributed by atoms with Crippen molar-refractivity contribution in [2.24, 2.45) is 29.4 Å². The second-order valence-electron chi connectivity index (χ2n) is 12.3. The molecule has 0 aliphatic heterocycles. The van der Waals surface area contributed by atoms with E-state index in [1.54, 1.807) is 0 Å². The predicted octanol–water partition coefficient (Wildman–Crippen LogP) is 6.37. The molecule has 218 valence electrons. The highest BCUT2D eigenvalue weighted by Crippen LogP contribution is 2.38. The number of ether oxygens (including phenoxy) is 1. The molecule has 0 heterocycles. The van der Waals surface area contributed by atoms with Crippen LogP contribution in [0.4, 0.5) is 0 Å². The molecule has 1 fully saturated rings. The number of nitrogens with one attached hydrogen (secondary N) is 2. The fourth-order valence-electron chi connectivity index (χ4n) is 7.09. The van der Waals surface area contributed by atoms with Crippen LogP contribution in [0.25, 0.3) is 0 Å². The zero-order chi connectivity index (χ0) is 28.5. The summed E-state index contributed by atoms with van der Waals surface area (Å²) in [5.74, 6) is 1.70. The van der Waals surface area contributed by atoms with Crippen LogP contribution in [0.3, 0.4) is 0 Å². The predicted molar refractivity (Wildman–Crippen MR) is 165 cm³/mol. The summed E-state index contributed by atoms with van der Waals surface area (Å²) in [6.45, 7) is 16.4. The Balaban J connectivity index is 1.38. The van der Waals surface area contributed by atoms with Crippen molar-refractivity contribution in [1.29, 1.82) is 0 Å². The molecule has 4 N–H and O–H groups in total. The number of carbonyl (C=O) groups is 1. The molecule has 3 aliphatic carbocycles. The van der Waals surface area contributed by atoms with E-state index in [0.29, 0.717) is 42.6 Å². The average molecular weight is 546 g/mol. The van der Waals surface area contributed by atoms with Crippen molar-refractivity contribution in [3.63, 3.8) is 0 Å². The number of hydrogen-bond donors (Lipinski definition) is 3. The Kier molecular flexibility index (Phi) is 11.1. The van der Waals surface area contributed by atoms with E-state index >= 15 is 0 Å². The Labute approximate surface area is 242 Å². The summed E-state index contributed by atoms with van der Waals surface area (Å²) in [5, 5.41) is 7.53. The van der Waals surface area contributed by atoms with E-state index in [9.17, 15) is 4.79 Å². The summed E-state index contributed by atoms with van der Waals surface area (Å²) in [6, 6.07) is 9.52.